The average molecular weight is 148 g/mol. The van der Waals surface area contributed by atoms with Crippen molar-refractivity contribution in [3.8, 4) is 0 Å². The van der Waals surface area contributed by atoms with Gasteiger partial charge in [0.25, 0.3) is 0 Å². The van der Waals surface area contributed by atoms with Crippen LogP contribution in [0.25, 0.3) is 0 Å². The first-order valence-corrected chi connectivity index (χ1v) is 3.31. The third kappa shape index (κ3) is 1.46. The molecule has 0 radical (unpaired) electrons. The molecule has 0 aromatic carbocycles. The first kappa shape index (κ1) is 7.94. The van der Waals surface area contributed by atoms with Gasteiger partial charge in [0.05, 0.1) is 12.2 Å². The summed E-state index contributed by atoms with van der Waals surface area (Å²) in [5, 5.41) is 26.9. The Hall–Kier alpha value is -0.160. The fourth-order valence-electron chi connectivity index (χ4n) is 1.10. The van der Waals surface area contributed by atoms with Crippen LogP contribution in [0, 0.1) is 0 Å². The first-order chi connectivity index (χ1) is 4.61. The number of rotatable bonds is 1. The molecule has 1 fully saturated rings. The molecule has 1 rings (SSSR count). The van der Waals surface area contributed by atoms with Crippen LogP contribution in [0.15, 0.2) is 0 Å². The molecular weight excluding hydrogens is 136 g/mol. The highest BCUT2D eigenvalue weighted by Crippen LogP contribution is 2.20. The van der Waals surface area contributed by atoms with Gasteiger partial charge in [-0.2, -0.15) is 0 Å². The van der Waals surface area contributed by atoms with E-state index in [1.54, 1.807) is 0 Å². The molecule has 0 aliphatic carbocycles. The summed E-state index contributed by atoms with van der Waals surface area (Å²) in [6.07, 6.45) is -2.83. The van der Waals surface area contributed by atoms with Crippen LogP contribution in [-0.2, 0) is 4.74 Å². The summed E-state index contributed by atoms with van der Waals surface area (Å²) >= 11 is 0. The Kier molecular flexibility index (Phi) is 2.25. The van der Waals surface area contributed by atoms with E-state index in [9.17, 15) is 0 Å². The maximum Gasteiger partial charge on any atom is 0.157 e. The van der Waals surface area contributed by atoms with E-state index >= 15 is 0 Å². The standard InChI is InChI=1S/C6H12O4/c1-3(7)6-4(8)2-5(9)10-6/h3-9H,2H2,1H3/t3?,4-,5-,6+/m0/s1. The number of aliphatic hydroxyl groups excluding tert-OH is 3. The molecule has 4 atom stereocenters. The van der Waals surface area contributed by atoms with Crippen molar-refractivity contribution in [3.63, 3.8) is 0 Å². The average Bonchev–Trinajstić information content (AvgIpc) is 2.10. The maximum absolute atomic E-state index is 9.08. The zero-order valence-corrected chi connectivity index (χ0v) is 5.77. The first-order valence-electron chi connectivity index (χ1n) is 3.31. The Bertz CT molecular complexity index is 114. The second kappa shape index (κ2) is 2.84. The van der Waals surface area contributed by atoms with Gasteiger partial charge >= 0.3 is 0 Å². The Morgan fingerprint density at radius 2 is 2.10 bits per heavy atom. The molecule has 0 aromatic rings. The van der Waals surface area contributed by atoms with E-state index in [1.165, 1.54) is 6.92 Å². The molecule has 0 aromatic heterocycles. The predicted molar refractivity (Wildman–Crippen MR) is 33.2 cm³/mol. The summed E-state index contributed by atoms with van der Waals surface area (Å²) in [5.41, 5.74) is 0. The van der Waals surface area contributed by atoms with Gasteiger partial charge in [0.15, 0.2) is 6.29 Å². The molecule has 60 valence electrons. The van der Waals surface area contributed by atoms with Crippen LogP contribution < -0.4 is 0 Å². The van der Waals surface area contributed by atoms with Crippen LogP contribution in [0.1, 0.15) is 13.3 Å². The van der Waals surface area contributed by atoms with Gasteiger partial charge < -0.3 is 20.1 Å². The highest BCUT2D eigenvalue weighted by molar-refractivity contribution is 4.80. The van der Waals surface area contributed by atoms with Crippen LogP contribution in [0.2, 0.25) is 0 Å². The van der Waals surface area contributed by atoms with Crippen molar-refractivity contribution in [1.82, 2.24) is 0 Å². The minimum atomic E-state index is -0.922. The Morgan fingerprint density at radius 1 is 1.50 bits per heavy atom. The van der Waals surface area contributed by atoms with Crippen LogP contribution in [0.5, 0.6) is 0 Å². The zero-order valence-electron chi connectivity index (χ0n) is 5.77. The number of hydrogen-bond donors (Lipinski definition) is 3. The summed E-state index contributed by atoms with van der Waals surface area (Å²) in [4.78, 5) is 0. The highest BCUT2D eigenvalue weighted by Gasteiger charge is 2.35. The lowest BCUT2D eigenvalue weighted by Crippen LogP contribution is -2.32. The molecule has 1 saturated heterocycles. The van der Waals surface area contributed by atoms with Gasteiger partial charge in [-0.05, 0) is 6.92 Å². The molecule has 1 unspecified atom stereocenters. The van der Waals surface area contributed by atoms with Gasteiger partial charge in [-0.15, -0.1) is 0 Å². The molecular formula is C6H12O4. The molecule has 4 nitrogen and oxygen atoms in total. The molecule has 1 aliphatic rings. The third-order valence-electron chi connectivity index (χ3n) is 1.61. The van der Waals surface area contributed by atoms with Crippen molar-refractivity contribution in [2.75, 3.05) is 0 Å². The molecule has 0 bridgehead atoms. The lowest BCUT2D eigenvalue weighted by Gasteiger charge is -2.15. The lowest BCUT2D eigenvalue weighted by atomic mass is 10.1. The molecule has 0 spiro atoms. The zero-order chi connectivity index (χ0) is 7.72. The van der Waals surface area contributed by atoms with Gasteiger partial charge in [-0.25, -0.2) is 0 Å². The second-order valence-corrected chi connectivity index (χ2v) is 2.60. The van der Waals surface area contributed by atoms with Crippen molar-refractivity contribution in [3.05, 3.63) is 0 Å². The van der Waals surface area contributed by atoms with Crippen molar-refractivity contribution < 1.29 is 20.1 Å². The van der Waals surface area contributed by atoms with E-state index in [1.807, 2.05) is 0 Å². The lowest BCUT2D eigenvalue weighted by molar-refractivity contribution is -0.125. The van der Waals surface area contributed by atoms with E-state index in [2.05, 4.69) is 0 Å². The Labute approximate surface area is 59.1 Å². The van der Waals surface area contributed by atoms with Crippen LogP contribution in [0.4, 0.5) is 0 Å². The minimum Gasteiger partial charge on any atom is -0.391 e. The smallest absolute Gasteiger partial charge is 0.157 e. The summed E-state index contributed by atoms with van der Waals surface area (Å²) in [7, 11) is 0. The molecule has 3 N–H and O–H groups in total. The number of ether oxygens (including phenoxy) is 1. The Morgan fingerprint density at radius 3 is 2.30 bits per heavy atom. The largest absolute Gasteiger partial charge is 0.391 e. The molecule has 0 amide bonds. The van der Waals surface area contributed by atoms with Gasteiger partial charge in [-0.1, -0.05) is 0 Å². The predicted octanol–water partition coefficient (Wildman–Crippen LogP) is -1.16. The van der Waals surface area contributed by atoms with Crippen LogP contribution in [0.3, 0.4) is 0 Å². The van der Waals surface area contributed by atoms with E-state index in [4.69, 9.17) is 20.1 Å². The molecule has 1 heterocycles. The normalized spacial score (nSPS) is 43.8. The quantitative estimate of drug-likeness (QED) is 0.438. The Balaban J connectivity index is 2.46. The third-order valence-corrected chi connectivity index (χ3v) is 1.61. The monoisotopic (exact) mass is 148 g/mol. The topological polar surface area (TPSA) is 69.9 Å². The summed E-state index contributed by atoms with van der Waals surface area (Å²) in [6.45, 7) is 1.52. The van der Waals surface area contributed by atoms with Crippen molar-refractivity contribution >= 4 is 0 Å². The van der Waals surface area contributed by atoms with E-state index in [0.29, 0.717) is 0 Å². The number of hydrogen-bond acceptors (Lipinski definition) is 4. The van der Waals surface area contributed by atoms with Gasteiger partial charge in [-0.3, -0.25) is 0 Å². The fraction of sp³-hybridized carbons (Fsp3) is 1.00. The van der Waals surface area contributed by atoms with Gasteiger partial charge in [0.2, 0.25) is 0 Å². The SMILES string of the molecule is CC(O)[C@H]1O[C@H](O)C[C@@H]1O. The fourth-order valence-corrected chi connectivity index (χ4v) is 1.10. The molecule has 0 saturated carbocycles. The minimum absolute atomic E-state index is 0.190. The second-order valence-electron chi connectivity index (χ2n) is 2.60. The van der Waals surface area contributed by atoms with Crippen LogP contribution in [-0.4, -0.2) is 39.9 Å². The molecule has 4 heteroatoms. The molecule has 1 aliphatic heterocycles. The maximum atomic E-state index is 9.08. The van der Waals surface area contributed by atoms with E-state index in [0.717, 1.165) is 0 Å². The highest BCUT2D eigenvalue weighted by atomic mass is 16.6. The van der Waals surface area contributed by atoms with Gasteiger partial charge in [0.1, 0.15) is 6.10 Å². The summed E-state index contributed by atoms with van der Waals surface area (Å²) in [6, 6.07) is 0. The van der Waals surface area contributed by atoms with E-state index in [-0.39, 0.29) is 6.42 Å². The van der Waals surface area contributed by atoms with Crippen molar-refractivity contribution in [2.24, 2.45) is 0 Å². The summed E-state index contributed by atoms with van der Waals surface area (Å²) in [5.74, 6) is 0. The van der Waals surface area contributed by atoms with E-state index < -0.39 is 24.6 Å². The van der Waals surface area contributed by atoms with Crippen LogP contribution >= 0.6 is 0 Å². The number of aliphatic hydroxyl groups is 3. The van der Waals surface area contributed by atoms with Gasteiger partial charge in [0, 0.05) is 6.42 Å². The molecule has 10 heavy (non-hydrogen) atoms. The van der Waals surface area contributed by atoms with Crippen molar-refractivity contribution in [1.29, 1.82) is 0 Å². The van der Waals surface area contributed by atoms with Crippen molar-refractivity contribution in [2.45, 2.75) is 37.9 Å². The summed E-state index contributed by atoms with van der Waals surface area (Å²) < 4.78 is 4.79.